The molecule has 3 fully saturated rings. The monoisotopic (exact) mass is 252 g/mol. The highest BCUT2D eigenvalue weighted by Crippen LogP contribution is 2.67. The van der Waals surface area contributed by atoms with Crippen molar-refractivity contribution in [1.29, 1.82) is 0 Å². The Labute approximate surface area is 109 Å². The van der Waals surface area contributed by atoms with Crippen molar-refractivity contribution in [2.75, 3.05) is 13.7 Å². The molecule has 0 radical (unpaired) electrons. The average Bonchev–Trinajstić information content (AvgIpc) is 3.15. The average molecular weight is 252 g/mol. The maximum Gasteiger partial charge on any atom is 0.411 e. The number of likely N-dealkylation sites (N-methyl/N-ethyl adjacent to an activating group) is 1. The normalized spacial score (nSPS) is 43.7. The number of carbonyl (C=O) groups excluding carboxylic acids is 1. The number of carbonyl (C=O) groups is 1. The first-order chi connectivity index (χ1) is 8.48. The second kappa shape index (κ2) is 3.62. The minimum atomic E-state index is -0.107. The molecule has 4 nitrogen and oxygen atoms in total. The third-order valence-electron chi connectivity index (χ3n) is 5.02. The number of cyclic esters (lactones) is 1. The Bertz CT molecular complexity index is 382. The summed E-state index contributed by atoms with van der Waals surface area (Å²) in [4.78, 5) is 16.2. The molecule has 1 unspecified atom stereocenters. The van der Waals surface area contributed by atoms with Crippen molar-refractivity contribution in [3.8, 4) is 0 Å². The fourth-order valence-corrected chi connectivity index (χ4v) is 4.06. The molecule has 3 rings (SSSR count). The van der Waals surface area contributed by atoms with Gasteiger partial charge in [-0.05, 0) is 13.5 Å². The molecule has 3 aliphatic heterocycles. The predicted octanol–water partition coefficient (Wildman–Crippen LogP) is 2.44. The van der Waals surface area contributed by atoms with E-state index in [0.29, 0.717) is 18.7 Å². The van der Waals surface area contributed by atoms with E-state index in [9.17, 15) is 4.79 Å². The van der Waals surface area contributed by atoms with Gasteiger partial charge in [0.2, 0.25) is 0 Å². The molecule has 0 N–H and O–H groups in total. The van der Waals surface area contributed by atoms with Crippen LogP contribution in [0.1, 0.15) is 46.5 Å². The molecule has 0 aliphatic carbocycles. The van der Waals surface area contributed by atoms with Crippen molar-refractivity contribution in [1.82, 2.24) is 9.80 Å². The van der Waals surface area contributed by atoms with E-state index < -0.39 is 0 Å². The first-order valence-electron chi connectivity index (χ1n) is 7.17. The first kappa shape index (κ1) is 12.3. The maximum atomic E-state index is 11.9. The molecule has 0 saturated carbocycles. The summed E-state index contributed by atoms with van der Waals surface area (Å²) in [5.41, 5.74) is 0.104. The Morgan fingerprint density at radius 3 is 2.72 bits per heavy atom. The zero-order valence-corrected chi connectivity index (χ0v) is 11.9. The smallest absolute Gasteiger partial charge is 0.411 e. The first-order valence-corrected chi connectivity index (χ1v) is 7.17. The minimum Gasteiger partial charge on any atom is -0.449 e. The molecule has 0 aromatic carbocycles. The molecule has 0 aromatic rings. The molecule has 1 amide bonds. The molecular weight excluding hydrogens is 228 g/mol. The topological polar surface area (TPSA) is 32.3 Å². The highest BCUT2D eigenvalue weighted by atomic mass is 16.6. The van der Waals surface area contributed by atoms with E-state index in [1.165, 1.54) is 25.7 Å². The van der Waals surface area contributed by atoms with Crippen LogP contribution in [0.25, 0.3) is 0 Å². The molecular formula is C14H24N2O2. The minimum absolute atomic E-state index is 0.0187. The quantitative estimate of drug-likeness (QED) is 0.569. The number of hydrogen-bond donors (Lipinski definition) is 0. The van der Waals surface area contributed by atoms with Gasteiger partial charge in [-0.15, -0.1) is 0 Å². The number of unbranched alkanes of at least 4 members (excludes halogenated alkanes) is 2. The van der Waals surface area contributed by atoms with Crippen molar-refractivity contribution in [3.05, 3.63) is 0 Å². The highest BCUT2D eigenvalue weighted by molar-refractivity contribution is 5.77. The second-order valence-corrected chi connectivity index (χ2v) is 6.72. The van der Waals surface area contributed by atoms with Crippen LogP contribution in [0.3, 0.4) is 0 Å². The lowest BCUT2D eigenvalue weighted by atomic mass is 9.86. The Hall–Kier alpha value is -0.770. The number of amides is 1. The second-order valence-electron chi connectivity index (χ2n) is 6.72. The predicted molar refractivity (Wildman–Crippen MR) is 69.2 cm³/mol. The lowest BCUT2D eigenvalue weighted by molar-refractivity contribution is 0.0494. The Morgan fingerprint density at radius 1 is 1.39 bits per heavy atom. The molecule has 3 aliphatic rings. The van der Waals surface area contributed by atoms with E-state index in [4.69, 9.17) is 4.74 Å². The Kier molecular flexibility index (Phi) is 2.47. The van der Waals surface area contributed by atoms with Crippen molar-refractivity contribution in [2.45, 2.75) is 64.2 Å². The number of rotatable bonds is 4. The number of hydrogen-bond acceptors (Lipinski definition) is 3. The summed E-state index contributed by atoms with van der Waals surface area (Å²) < 4.78 is 5.31. The van der Waals surface area contributed by atoms with Crippen LogP contribution < -0.4 is 0 Å². The zero-order chi connectivity index (χ0) is 13.1. The van der Waals surface area contributed by atoms with Crippen LogP contribution in [-0.4, -0.2) is 47.3 Å². The summed E-state index contributed by atoms with van der Waals surface area (Å²) in [6, 6.07) is 0.918. The lowest BCUT2D eigenvalue weighted by Crippen LogP contribution is -2.37. The van der Waals surface area contributed by atoms with Crippen molar-refractivity contribution in [3.63, 3.8) is 0 Å². The van der Waals surface area contributed by atoms with Gasteiger partial charge in [0.1, 0.15) is 12.3 Å². The molecule has 3 saturated heterocycles. The SMILES string of the molecule is CCCCC[C@H]1[N@@](C)C12[C@H]1N2C(=O)OCC1(C)C. The van der Waals surface area contributed by atoms with Crippen LogP contribution >= 0.6 is 0 Å². The van der Waals surface area contributed by atoms with Gasteiger partial charge in [0, 0.05) is 5.41 Å². The number of fused-ring (bicyclic) bond motifs is 3. The van der Waals surface area contributed by atoms with Gasteiger partial charge in [-0.3, -0.25) is 9.80 Å². The molecule has 4 heteroatoms. The van der Waals surface area contributed by atoms with Crippen LogP contribution in [0.4, 0.5) is 4.79 Å². The summed E-state index contributed by atoms with van der Waals surface area (Å²) in [6.45, 7) is 7.21. The molecule has 1 spiro atoms. The Balaban J connectivity index is 1.72. The number of ether oxygens (including phenoxy) is 1. The molecule has 0 bridgehead atoms. The Morgan fingerprint density at radius 2 is 2.11 bits per heavy atom. The molecule has 3 heterocycles. The van der Waals surface area contributed by atoms with Crippen molar-refractivity contribution < 1.29 is 9.53 Å². The molecule has 18 heavy (non-hydrogen) atoms. The zero-order valence-electron chi connectivity index (χ0n) is 11.9. The van der Waals surface area contributed by atoms with Crippen LogP contribution in [0, 0.1) is 5.41 Å². The highest BCUT2D eigenvalue weighted by Gasteiger charge is 2.87. The molecule has 0 aromatic heterocycles. The number of nitrogens with zero attached hydrogens (tertiary/aromatic N) is 2. The third-order valence-corrected chi connectivity index (χ3v) is 5.02. The van der Waals surface area contributed by atoms with Crippen LogP contribution in [0.15, 0.2) is 0 Å². The molecule has 102 valence electrons. The van der Waals surface area contributed by atoms with Gasteiger partial charge in [-0.1, -0.05) is 40.0 Å². The fourth-order valence-electron chi connectivity index (χ4n) is 4.06. The van der Waals surface area contributed by atoms with Crippen molar-refractivity contribution in [2.24, 2.45) is 5.41 Å². The van der Waals surface area contributed by atoms with E-state index in [1.807, 2.05) is 4.90 Å². The van der Waals surface area contributed by atoms with Crippen LogP contribution in [0.2, 0.25) is 0 Å². The van der Waals surface area contributed by atoms with E-state index in [0.717, 1.165) is 0 Å². The van der Waals surface area contributed by atoms with E-state index in [2.05, 4.69) is 32.7 Å². The summed E-state index contributed by atoms with van der Waals surface area (Å²) in [5, 5.41) is 0. The van der Waals surface area contributed by atoms with E-state index in [-0.39, 0.29) is 17.2 Å². The van der Waals surface area contributed by atoms with E-state index in [1.54, 1.807) is 0 Å². The van der Waals surface area contributed by atoms with Gasteiger partial charge >= 0.3 is 6.09 Å². The summed E-state index contributed by atoms with van der Waals surface area (Å²) in [7, 11) is 2.15. The maximum absolute atomic E-state index is 11.9. The molecule has 4 atom stereocenters. The van der Waals surface area contributed by atoms with Gasteiger partial charge in [-0.25, -0.2) is 4.79 Å². The summed E-state index contributed by atoms with van der Waals surface area (Å²) >= 11 is 0. The van der Waals surface area contributed by atoms with Gasteiger partial charge in [0.05, 0.1) is 12.1 Å². The van der Waals surface area contributed by atoms with Gasteiger partial charge in [-0.2, -0.15) is 0 Å². The van der Waals surface area contributed by atoms with E-state index >= 15 is 0 Å². The van der Waals surface area contributed by atoms with Gasteiger partial charge < -0.3 is 4.74 Å². The summed E-state index contributed by atoms with van der Waals surface area (Å²) in [5.74, 6) is 0. The standard InChI is InChI=1S/C14H24N2O2/c1-5-6-7-8-10-14(15(10)4)11-13(2,3)9-18-12(17)16(11)14/h10-11H,5-9H2,1-4H3/t10-,11+,14?,15-,16?/m1/s1. The van der Waals surface area contributed by atoms with Crippen LogP contribution in [-0.2, 0) is 4.74 Å². The van der Waals surface area contributed by atoms with Gasteiger partial charge in [0.25, 0.3) is 0 Å². The fraction of sp³-hybridized carbons (Fsp3) is 0.929. The summed E-state index contributed by atoms with van der Waals surface area (Å²) in [6.07, 6.45) is 4.91. The largest absolute Gasteiger partial charge is 0.449 e. The lowest BCUT2D eigenvalue weighted by Gasteiger charge is -2.27. The van der Waals surface area contributed by atoms with Crippen LogP contribution in [0.5, 0.6) is 0 Å². The van der Waals surface area contributed by atoms with Gasteiger partial charge in [0.15, 0.2) is 0 Å². The third kappa shape index (κ3) is 1.33. The van der Waals surface area contributed by atoms with Crippen molar-refractivity contribution >= 4 is 6.09 Å².